The Hall–Kier alpha value is -2.15. The van der Waals surface area contributed by atoms with Gasteiger partial charge in [0.05, 0.1) is 18.0 Å². The number of amides is 1. The van der Waals surface area contributed by atoms with Crippen LogP contribution in [0.3, 0.4) is 0 Å². The zero-order chi connectivity index (χ0) is 17.0. The first-order valence-corrected chi connectivity index (χ1v) is 9.47. The quantitative estimate of drug-likeness (QED) is 0.880. The van der Waals surface area contributed by atoms with E-state index in [9.17, 15) is 13.2 Å². The van der Waals surface area contributed by atoms with Crippen LogP contribution in [0.15, 0.2) is 36.5 Å². The highest BCUT2D eigenvalue weighted by atomic mass is 32.2. The Balaban J connectivity index is 2.11. The summed E-state index contributed by atoms with van der Waals surface area (Å²) in [5, 5.41) is 7.06. The maximum absolute atomic E-state index is 12.3. The van der Waals surface area contributed by atoms with Crippen molar-refractivity contribution in [3.63, 3.8) is 0 Å². The van der Waals surface area contributed by atoms with Crippen molar-refractivity contribution in [2.24, 2.45) is 0 Å². The molecule has 2 aromatic rings. The fourth-order valence-electron chi connectivity index (χ4n) is 2.18. The summed E-state index contributed by atoms with van der Waals surface area (Å²) in [6.07, 6.45) is 3.74. The Morgan fingerprint density at radius 3 is 2.48 bits per heavy atom. The molecule has 6 nitrogen and oxygen atoms in total. The number of carbonyl (C=O) groups is 1. The van der Waals surface area contributed by atoms with Crippen molar-refractivity contribution in [3.05, 3.63) is 47.7 Å². The lowest BCUT2D eigenvalue weighted by Crippen LogP contribution is -2.17. The molecular formula is C16H21N3O3S. The van der Waals surface area contributed by atoms with Gasteiger partial charge in [-0.1, -0.05) is 19.1 Å². The average Bonchev–Trinajstić information content (AvgIpc) is 2.93. The van der Waals surface area contributed by atoms with Crippen LogP contribution in [-0.2, 0) is 15.6 Å². The van der Waals surface area contributed by atoms with Crippen molar-refractivity contribution in [2.45, 2.75) is 32.1 Å². The minimum absolute atomic E-state index is 0.0321. The Labute approximate surface area is 136 Å². The molecule has 0 aliphatic rings. The Morgan fingerprint density at radius 2 is 1.91 bits per heavy atom. The number of carbonyl (C=O) groups excluding carboxylic acids is 1. The molecule has 0 aliphatic carbocycles. The van der Waals surface area contributed by atoms with Crippen molar-refractivity contribution in [1.82, 2.24) is 9.78 Å². The maximum Gasteiger partial charge on any atom is 0.256 e. The first-order valence-electron chi connectivity index (χ1n) is 7.41. The molecule has 0 spiro atoms. The van der Waals surface area contributed by atoms with Crippen LogP contribution in [0.2, 0.25) is 0 Å². The second-order valence-electron chi connectivity index (χ2n) is 5.64. The molecule has 0 bridgehead atoms. The second-order valence-corrected chi connectivity index (χ2v) is 7.78. The summed E-state index contributed by atoms with van der Waals surface area (Å²) < 4.78 is 24.3. The molecule has 0 fully saturated rings. The lowest BCUT2D eigenvalue weighted by molar-refractivity contribution is 0.102. The lowest BCUT2D eigenvalue weighted by atomic mass is 10.1. The number of hydrogen-bond donors (Lipinski definition) is 1. The van der Waals surface area contributed by atoms with Gasteiger partial charge in [0.2, 0.25) is 0 Å². The van der Waals surface area contributed by atoms with Gasteiger partial charge in [-0.2, -0.15) is 5.10 Å². The summed E-state index contributed by atoms with van der Waals surface area (Å²) in [5.41, 5.74) is 1.13. The number of sulfone groups is 1. The van der Waals surface area contributed by atoms with Crippen LogP contribution >= 0.6 is 0 Å². The molecule has 1 aromatic carbocycles. The van der Waals surface area contributed by atoms with E-state index in [1.165, 1.54) is 6.26 Å². The largest absolute Gasteiger partial charge is 0.307 e. The maximum atomic E-state index is 12.3. The molecule has 23 heavy (non-hydrogen) atoms. The van der Waals surface area contributed by atoms with Crippen LogP contribution in [0.1, 0.15) is 42.2 Å². The van der Waals surface area contributed by atoms with E-state index < -0.39 is 9.84 Å². The molecule has 1 unspecified atom stereocenters. The molecule has 2 rings (SSSR count). The second kappa shape index (κ2) is 6.95. The van der Waals surface area contributed by atoms with Gasteiger partial charge >= 0.3 is 0 Å². The van der Waals surface area contributed by atoms with E-state index in [4.69, 9.17) is 0 Å². The molecule has 0 radical (unpaired) electrons. The number of nitrogens with zero attached hydrogens (tertiary/aromatic N) is 2. The fraction of sp³-hybridized carbons (Fsp3) is 0.375. The van der Waals surface area contributed by atoms with Crippen molar-refractivity contribution < 1.29 is 13.2 Å². The molecule has 0 aliphatic heterocycles. The minimum atomic E-state index is -3.08. The Kier molecular flexibility index (Phi) is 5.20. The van der Waals surface area contributed by atoms with Crippen LogP contribution < -0.4 is 5.32 Å². The third kappa shape index (κ3) is 4.66. The average molecular weight is 335 g/mol. The Bertz CT molecular complexity index is 779. The van der Waals surface area contributed by atoms with E-state index in [0.717, 1.165) is 6.42 Å². The van der Waals surface area contributed by atoms with E-state index in [-0.39, 0.29) is 17.7 Å². The van der Waals surface area contributed by atoms with Gasteiger partial charge in [-0.05, 0) is 31.0 Å². The van der Waals surface area contributed by atoms with E-state index in [2.05, 4.69) is 17.3 Å². The highest BCUT2D eigenvalue weighted by Crippen LogP contribution is 2.17. The molecular weight excluding hydrogens is 314 g/mol. The summed E-state index contributed by atoms with van der Waals surface area (Å²) in [5.74, 6) is 0.362. The third-order valence-corrected chi connectivity index (χ3v) is 4.42. The van der Waals surface area contributed by atoms with Crippen LogP contribution in [-0.4, -0.2) is 30.4 Å². The number of rotatable bonds is 6. The number of nitrogens with one attached hydrogen (secondary N) is 1. The highest BCUT2D eigenvalue weighted by Gasteiger charge is 2.13. The van der Waals surface area contributed by atoms with Crippen LogP contribution in [0.25, 0.3) is 0 Å². The molecule has 1 atom stereocenters. The molecule has 1 N–H and O–H groups in total. The molecule has 124 valence electrons. The van der Waals surface area contributed by atoms with Gasteiger partial charge in [0.25, 0.3) is 5.91 Å². The zero-order valence-corrected chi connectivity index (χ0v) is 14.3. The van der Waals surface area contributed by atoms with E-state index >= 15 is 0 Å². The minimum Gasteiger partial charge on any atom is -0.307 e. The summed E-state index contributed by atoms with van der Waals surface area (Å²) in [4.78, 5) is 12.3. The van der Waals surface area contributed by atoms with Gasteiger partial charge in [-0.15, -0.1) is 0 Å². The molecule has 0 saturated heterocycles. The van der Waals surface area contributed by atoms with Crippen molar-refractivity contribution in [2.75, 3.05) is 11.6 Å². The van der Waals surface area contributed by atoms with Crippen LogP contribution in [0, 0.1) is 0 Å². The van der Waals surface area contributed by atoms with E-state index in [1.54, 1.807) is 41.2 Å². The third-order valence-electron chi connectivity index (χ3n) is 3.57. The van der Waals surface area contributed by atoms with Crippen molar-refractivity contribution in [3.8, 4) is 0 Å². The van der Waals surface area contributed by atoms with Crippen LogP contribution in [0.5, 0.6) is 0 Å². The number of hydrogen-bond acceptors (Lipinski definition) is 4. The lowest BCUT2D eigenvalue weighted by Gasteiger charge is -2.14. The first kappa shape index (κ1) is 17.2. The predicted molar refractivity (Wildman–Crippen MR) is 90.2 cm³/mol. The number of aromatic nitrogens is 2. The standard InChI is InChI=1S/C16H21N3O3S/c1-4-12(2)19-15(9-10-17-19)18-16(20)14-7-5-13(6-8-14)11-23(3,21)22/h5-10,12H,4,11H2,1-3H3,(H,18,20). The number of anilines is 1. The summed E-state index contributed by atoms with van der Waals surface area (Å²) in [6, 6.07) is 8.50. The summed E-state index contributed by atoms with van der Waals surface area (Å²) in [7, 11) is -3.08. The molecule has 1 heterocycles. The smallest absolute Gasteiger partial charge is 0.256 e. The van der Waals surface area contributed by atoms with Gasteiger partial charge in [0.15, 0.2) is 9.84 Å². The van der Waals surface area contributed by atoms with Gasteiger partial charge in [0.1, 0.15) is 5.82 Å². The van der Waals surface area contributed by atoms with Crippen molar-refractivity contribution in [1.29, 1.82) is 0 Å². The monoisotopic (exact) mass is 335 g/mol. The molecule has 1 aromatic heterocycles. The summed E-state index contributed by atoms with van der Waals surface area (Å²) >= 11 is 0. The topological polar surface area (TPSA) is 81.1 Å². The number of benzene rings is 1. The predicted octanol–water partition coefficient (Wildman–Crippen LogP) is 2.65. The fourth-order valence-corrected chi connectivity index (χ4v) is 2.98. The Morgan fingerprint density at radius 1 is 1.26 bits per heavy atom. The first-order chi connectivity index (χ1) is 10.8. The van der Waals surface area contributed by atoms with Gasteiger partial charge in [-0.3, -0.25) is 4.79 Å². The van der Waals surface area contributed by atoms with E-state index in [0.29, 0.717) is 16.9 Å². The van der Waals surface area contributed by atoms with E-state index in [1.807, 2.05) is 6.92 Å². The van der Waals surface area contributed by atoms with Gasteiger partial charge in [-0.25, -0.2) is 13.1 Å². The highest BCUT2D eigenvalue weighted by molar-refractivity contribution is 7.89. The molecule has 1 amide bonds. The summed E-state index contributed by atoms with van der Waals surface area (Å²) in [6.45, 7) is 4.08. The van der Waals surface area contributed by atoms with Gasteiger partial charge < -0.3 is 5.32 Å². The van der Waals surface area contributed by atoms with Gasteiger partial charge in [0, 0.05) is 17.9 Å². The van der Waals surface area contributed by atoms with Crippen LogP contribution in [0.4, 0.5) is 5.82 Å². The molecule has 0 saturated carbocycles. The van der Waals surface area contributed by atoms with Crippen molar-refractivity contribution >= 4 is 21.6 Å². The molecule has 7 heteroatoms. The zero-order valence-electron chi connectivity index (χ0n) is 13.5. The normalized spacial score (nSPS) is 12.8. The SMILES string of the molecule is CCC(C)n1nccc1NC(=O)c1ccc(CS(C)(=O)=O)cc1.